The van der Waals surface area contributed by atoms with E-state index in [2.05, 4.69) is 44.0 Å². The highest BCUT2D eigenvalue weighted by atomic mass is 79.9. The highest BCUT2D eigenvalue weighted by Gasteiger charge is 2.47. The topological polar surface area (TPSA) is 282 Å². The van der Waals surface area contributed by atoms with Gasteiger partial charge in [-0.15, -0.1) is 0 Å². The Morgan fingerprint density at radius 3 is 2.44 bits per heavy atom. The van der Waals surface area contributed by atoms with E-state index in [-0.39, 0.29) is 21.7 Å². The van der Waals surface area contributed by atoms with Gasteiger partial charge in [-0.25, -0.2) is 28.4 Å². The van der Waals surface area contributed by atoms with Crippen LogP contribution in [0, 0.1) is 0 Å². The van der Waals surface area contributed by atoms with Crippen LogP contribution in [-0.4, -0.2) is 69.3 Å². The predicted octanol–water partition coefficient (Wildman–Crippen LogP) is -1.50. The van der Waals surface area contributed by atoms with Gasteiger partial charge in [0.1, 0.15) is 24.6 Å². The van der Waals surface area contributed by atoms with Gasteiger partial charge in [0.25, 0.3) is 7.82 Å². The zero-order valence-electron chi connectivity index (χ0n) is 15.2. The summed E-state index contributed by atoms with van der Waals surface area (Å²) in [5.41, 5.74) is 5.97. The van der Waals surface area contributed by atoms with Gasteiger partial charge in [-0.1, -0.05) is 0 Å². The fraction of sp³-hybridized carbons (Fsp3) is 0.500. The maximum absolute atomic E-state index is 11.8. The van der Waals surface area contributed by atoms with Crippen LogP contribution in [0.1, 0.15) is 6.23 Å². The second kappa shape index (κ2) is 9.05. The number of aromatic nitrogens is 4. The Kier molecular flexibility index (Phi) is 7.28. The van der Waals surface area contributed by atoms with Crippen LogP contribution >= 0.6 is 39.4 Å². The van der Waals surface area contributed by atoms with E-state index >= 15 is 0 Å². The predicted molar refractivity (Wildman–Crippen MR) is 101 cm³/mol. The number of halogens is 1. The quantitative estimate of drug-likeness (QED) is 0.152. The van der Waals surface area contributed by atoms with E-state index in [9.17, 15) is 33.7 Å². The second-order valence-electron chi connectivity index (χ2n) is 6.09. The minimum absolute atomic E-state index is 0.0156. The third kappa shape index (κ3) is 5.78. The Morgan fingerprint density at radius 1 is 1.16 bits per heavy atom. The first-order valence-electron chi connectivity index (χ1n) is 8.02. The largest absolute Gasteiger partial charge is 0.756 e. The molecular formula is C10H14BrN5O13P3-. The van der Waals surface area contributed by atoms with Gasteiger partial charge in [-0.2, -0.15) is 4.31 Å². The van der Waals surface area contributed by atoms with Gasteiger partial charge in [0, 0.05) is 0 Å². The SMILES string of the molecule is Nc1ncnc2c1nc(Br)n2C1OC(COP(=O)(O)OP(=O)(O)OP(=O)([O-])O)C(O)C1O. The molecule has 18 nitrogen and oxygen atoms in total. The summed E-state index contributed by atoms with van der Waals surface area (Å²) >= 11 is 3.13. The van der Waals surface area contributed by atoms with E-state index in [1.807, 2.05) is 0 Å². The van der Waals surface area contributed by atoms with Crippen molar-refractivity contribution in [2.24, 2.45) is 0 Å². The van der Waals surface area contributed by atoms with Crippen molar-refractivity contribution in [3.8, 4) is 0 Å². The third-order valence-electron chi connectivity index (χ3n) is 3.87. The maximum atomic E-state index is 11.8. The summed E-state index contributed by atoms with van der Waals surface area (Å²) in [6.45, 7) is -0.988. The number of anilines is 1. The molecule has 0 saturated carbocycles. The number of aliphatic hydroxyl groups is 2. The summed E-state index contributed by atoms with van der Waals surface area (Å²) in [7, 11) is -17.1. The normalized spacial score (nSPS) is 29.5. The van der Waals surface area contributed by atoms with Crippen molar-refractivity contribution in [2.45, 2.75) is 24.5 Å². The fourth-order valence-corrected chi connectivity index (χ4v) is 6.22. The van der Waals surface area contributed by atoms with Crippen LogP contribution in [0.3, 0.4) is 0 Å². The minimum atomic E-state index is -5.80. The molecule has 22 heteroatoms. The van der Waals surface area contributed by atoms with Crippen LogP contribution in [0.5, 0.6) is 0 Å². The number of nitrogen functional groups attached to an aromatic ring is 1. The number of hydrogen-bond acceptors (Lipinski definition) is 14. The maximum Gasteiger partial charge on any atom is 0.487 e. The molecule has 3 rings (SSSR count). The molecule has 180 valence electrons. The van der Waals surface area contributed by atoms with Crippen LogP contribution in [0.25, 0.3) is 11.2 Å². The molecule has 0 spiro atoms. The highest BCUT2D eigenvalue weighted by Crippen LogP contribution is 2.65. The molecule has 1 aliphatic rings. The average Bonchev–Trinajstić information content (AvgIpc) is 3.08. The number of nitrogens with two attached hydrogens (primary N) is 1. The number of phosphoric acid groups is 3. The van der Waals surface area contributed by atoms with Gasteiger partial charge in [0.2, 0.25) is 0 Å². The van der Waals surface area contributed by atoms with Crippen LogP contribution in [0.2, 0.25) is 0 Å². The van der Waals surface area contributed by atoms with E-state index in [0.717, 1.165) is 6.33 Å². The lowest BCUT2D eigenvalue weighted by Crippen LogP contribution is -2.33. The molecule has 1 fully saturated rings. The molecule has 0 amide bonds. The van der Waals surface area contributed by atoms with Crippen LogP contribution in [-0.2, 0) is 31.6 Å². The van der Waals surface area contributed by atoms with E-state index in [1.54, 1.807) is 0 Å². The van der Waals surface area contributed by atoms with Crippen molar-refractivity contribution in [1.29, 1.82) is 0 Å². The Balaban J connectivity index is 1.73. The zero-order chi connectivity index (χ0) is 24.1. The summed E-state index contributed by atoms with van der Waals surface area (Å²) in [5.74, 6) is 0.0156. The average molecular weight is 585 g/mol. The summed E-state index contributed by atoms with van der Waals surface area (Å²) in [6.07, 6.45) is -5.08. The number of nitrogens with zero attached hydrogens (tertiary/aromatic N) is 4. The van der Waals surface area contributed by atoms with Gasteiger partial charge < -0.3 is 40.3 Å². The first-order valence-corrected chi connectivity index (χ1v) is 13.3. The molecule has 2 aromatic rings. The number of imidazole rings is 1. The molecule has 0 bridgehead atoms. The molecule has 0 aliphatic carbocycles. The standard InChI is InChI=1S/C10H15BrN5O13P3/c11-10-15-4-7(12)13-2-14-8(4)16(10)9-6(18)5(17)3(27-9)1-26-31(22,23)29-32(24,25)28-30(19,20)21/h2-3,5-6,9,17-18H,1H2,(H,22,23)(H,24,25)(H2,12,13,14)(H2,19,20,21)/p-1. The number of phosphoric ester groups is 1. The fourth-order valence-electron chi connectivity index (χ4n) is 2.67. The Hall–Kier alpha value is -0.880. The number of aliphatic hydroxyl groups excluding tert-OH is 2. The van der Waals surface area contributed by atoms with Crippen molar-refractivity contribution in [1.82, 2.24) is 19.5 Å². The number of fused-ring (bicyclic) bond motifs is 1. The van der Waals surface area contributed by atoms with Gasteiger partial charge in [-0.05, 0) is 15.9 Å². The summed E-state index contributed by atoms with van der Waals surface area (Å²) < 4.78 is 51.8. The van der Waals surface area contributed by atoms with E-state index < -0.39 is 54.6 Å². The molecule has 3 heterocycles. The first-order chi connectivity index (χ1) is 14.6. The molecule has 32 heavy (non-hydrogen) atoms. The molecule has 0 aromatic carbocycles. The lowest BCUT2D eigenvalue weighted by Gasteiger charge is -2.21. The minimum Gasteiger partial charge on any atom is -0.756 e. The molecular weight excluding hydrogens is 571 g/mol. The van der Waals surface area contributed by atoms with Crippen LogP contribution < -0.4 is 10.6 Å². The van der Waals surface area contributed by atoms with Gasteiger partial charge in [-0.3, -0.25) is 13.7 Å². The lowest BCUT2D eigenvalue weighted by molar-refractivity contribution is -0.212. The molecule has 0 radical (unpaired) electrons. The molecule has 7 atom stereocenters. The molecule has 7 unspecified atom stereocenters. The molecule has 1 aliphatic heterocycles. The molecule has 2 aromatic heterocycles. The summed E-state index contributed by atoms with van der Waals surface area (Å²) in [6, 6.07) is 0. The zero-order valence-corrected chi connectivity index (χ0v) is 19.5. The highest BCUT2D eigenvalue weighted by molar-refractivity contribution is 9.10. The van der Waals surface area contributed by atoms with E-state index in [1.165, 1.54) is 4.57 Å². The second-order valence-corrected chi connectivity index (χ2v) is 11.2. The van der Waals surface area contributed by atoms with E-state index in [0.29, 0.717) is 0 Å². The van der Waals surface area contributed by atoms with Crippen molar-refractivity contribution in [3.63, 3.8) is 0 Å². The monoisotopic (exact) mass is 584 g/mol. The Labute approximate surface area is 185 Å². The van der Waals surface area contributed by atoms with Gasteiger partial charge in [0.15, 0.2) is 27.9 Å². The smallest absolute Gasteiger partial charge is 0.487 e. The summed E-state index contributed by atoms with van der Waals surface area (Å²) in [4.78, 5) is 49.3. The lowest BCUT2D eigenvalue weighted by atomic mass is 10.1. The van der Waals surface area contributed by atoms with Crippen molar-refractivity contribution in [3.05, 3.63) is 11.1 Å². The van der Waals surface area contributed by atoms with Crippen molar-refractivity contribution >= 4 is 56.4 Å². The van der Waals surface area contributed by atoms with Gasteiger partial charge in [0.05, 0.1) is 6.61 Å². The van der Waals surface area contributed by atoms with E-state index in [4.69, 9.17) is 20.3 Å². The number of ether oxygens (including phenoxy) is 1. The Bertz CT molecular complexity index is 1160. The first kappa shape index (κ1) is 25.7. The number of hydrogen-bond donors (Lipinski definition) is 6. The van der Waals surface area contributed by atoms with Crippen molar-refractivity contribution < 1.29 is 61.4 Å². The Morgan fingerprint density at radius 2 is 1.81 bits per heavy atom. The summed E-state index contributed by atoms with van der Waals surface area (Å²) in [5, 5.41) is 20.6. The van der Waals surface area contributed by atoms with Crippen molar-refractivity contribution in [2.75, 3.05) is 12.3 Å². The van der Waals surface area contributed by atoms with Gasteiger partial charge >= 0.3 is 15.6 Å². The third-order valence-corrected chi connectivity index (χ3v) is 8.21. The molecule has 7 N–H and O–H groups in total. The molecule has 1 saturated heterocycles. The van der Waals surface area contributed by atoms with Crippen LogP contribution in [0.15, 0.2) is 11.1 Å². The van der Waals surface area contributed by atoms with Crippen LogP contribution in [0.4, 0.5) is 5.82 Å². The number of rotatable bonds is 8.